The van der Waals surface area contributed by atoms with Gasteiger partial charge in [-0.15, -0.1) is 0 Å². The van der Waals surface area contributed by atoms with Crippen LogP contribution < -0.4 is 5.73 Å². The van der Waals surface area contributed by atoms with Crippen molar-refractivity contribution < 1.29 is 4.39 Å². The molecular formula is C6H12FN. The lowest BCUT2D eigenvalue weighted by Gasteiger charge is -1.92. The molecule has 1 nitrogen and oxygen atoms in total. The van der Waals surface area contributed by atoms with Gasteiger partial charge in [0.2, 0.25) is 0 Å². The summed E-state index contributed by atoms with van der Waals surface area (Å²) in [5.41, 5.74) is 4.99. The molecule has 0 aromatic rings. The predicted molar refractivity (Wildman–Crippen MR) is 33.4 cm³/mol. The van der Waals surface area contributed by atoms with E-state index < -0.39 is 6.17 Å². The van der Waals surface area contributed by atoms with Crippen LogP contribution in [-0.2, 0) is 0 Å². The van der Waals surface area contributed by atoms with E-state index in [4.69, 9.17) is 5.73 Å². The first kappa shape index (κ1) is 7.63. The topological polar surface area (TPSA) is 26.0 Å². The van der Waals surface area contributed by atoms with Crippen molar-refractivity contribution in [1.29, 1.82) is 0 Å². The van der Waals surface area contributed by atoms with Gasteiger partial charge in [0.1, 0.15) is 6.17 Å². The molecule has 1 atom stereocenters. The monoisotopic (exact) mass is 117 g/mol. The van der Waals surface area contributed by atoms with E-state index in [2.05, 4.69) is 0 Å². The summed E-state index contributed by atoms with van der Waals surface area (Å²) in [6.45, 7) is 2.05. The van der Waals surface area contributed by atoms with Gasteiger partial charge in [0, 0.05) is 6.54 Å². The molecular weight excluding hydrogens is 105 g/mol. The third-order valence-corrected chi connectivity index (χ3v) is 0.806. The van der Waals surface area contributed by atoms with E-state index in [-0.39, 0.29) is 6.54 Å². The SMILES string of the molecule is CC/C=C/C(F)CN. The van der Waals surface area contributed by atoms with Gasteiger partial charge in [-0.05, 0) is 6.42 Å². The van der Waals surface area contributed by atoms with E-state index >= 15 is 0 Å². The first-order chi connectivity index (χ1) is 3.81. The van der Waals surface area contributed by atoms with Crippen molar-refractivity contribution in [1.82, 2.24) is 0 Å². The van der Waals surface area contributed by atoms with E-state index in [9.17, 15) is 4.39 Å². The number of alkyl halides is 1. The highest BCUT2D eigenvalue weighted by atomic mass is 19.1. The second kappa shape index (κ2) is 4.78. The second-order valence-electron chi connectivity index (χ2n) is 1.59. The molecule has 0 aliphatic carbocycles. The average Bonchev–Trinajstić information content (AvgIpc) is 1.83. The van der Waals surface area contributed by atoms with Crippen LogP contribution in [0.15, 0.2) is 12.2 Å². The molecule has 2 heteroatoms. The summed E-state index contributed by atoms with van der Waals surface area (Å²) >= 11 is 0. The second-order valence-corrected chi connectivity index (χ2v) is 1.59. The molecule has 0 heterocycles. The number of rotatable bonds is 3. The van der Waals surface area contributed by atoms with Gasteiger partial charge in [0.25, 0.3) is 0 Å². The molecule has 0 saturated carbocycles. The van der Waals surface area contributed by atoms with Crippen LogP contribution in [0.25, 0.3) is 0 Å². The summed E-state index contributed by atoms with van der Waals surface area (Å²) < 4.78 is 12.1. The fraction of sp³-hybridized carbons (Fsp3) is 0.667. The number of hydrogen-bond donors (Lipinski definition) is 1. The van der Waals surface area contributed by atoms with Gasteiger partial charge in [-0.1, -0.05) is 19.1 Å². The van der Waals surface area contributed by atoms with Crippen molar-refractivity contribution >= 4 is 0 Å². The van der Waals surface area contributed by atoms with E-state index in [1.54, 1.807) is 6.08 Å². The lowest BCUT2D eigenvalue weighted by Crippen LogP contribution is -2.11. The van der Waals surface area contributed by atoms with Gasteiger partial charge < -0.3 is 5.73 Å². The zero-order valence-electron chi connectivity index (χ0n) is 5.10. The Morgan fingerprint density at radius 2 is 2.38 bits per heavy atom. The Labute approximate surface area is 49.4 Å². The van der Waals surface area contributed by atoms with Crippen molar-refractivity contribution in [3.63, 3.8) is 0 Å². The average molecular weight is 117 g/mol. The number of allylic oxidation sites excluding steroid dienone is 1. The summed E-state index contributed by atoms with van der Waals surface area (Å²) in [5, 5.41) is 0. The van der Waals surface area contributed by atoms with Crippen LogP contribution in [-0.4, -0.2) is 12.7 Å². The minimum Gasteiger partial charge on any atom is -0.327 e. The minimum absolute atomic E-state index is 0.0938. The molecule has 8 heavy (non-hydrogen) atoms. The zero-order valence-corrected chi connectivity index (χ0v) is 5.10. The largest absolute Gasteiger partial charge is 0.327 e. The Hall–Kier alpha value is -0.370. The molecule has 0 aliphatic rings. The minimum atomic E-state index is -0.949. The maximum absolute atomic E-state index is 12.1. The first-order valence-electron chi connectivity index (χ1n) is 2.82. The van der Waals surface area contributed by atoms with Crippen LogP contribution in [0.2, 0.25) is 0 Å². The van der Waals surface area contributed by atoms with Crippen LogP contribution in [0, 0.1) is 0 Å². The molecule has 0 spiro atoms. The van der Waals surface area contributed by atoms with Gasteiger partial charge >= 0.3 is 0 Å². The molecule has 0 amide bonds. The van der Waals surface area contributed by atoms with Crippen LogP contribution in [0.4, 0.5) is 4.39 Å². The van der Waals surface area contributed by atoms with Gasteiger partial charge in [-0.25, -0.2) is 4.39 Å². The molecule has 0 rings (SSSR count). The highest BCUT2D eigenvalue weighted by molar-refractivity contribution is 4.88. The summed E-state index contributed by atoms with van der Waals surface area (Å²) in [5.74, 6) is 0. The zero-order chi connectivity index (χ0) is 6.41. The molecule has 0 aromatic heterocycles. The van der Waals surface area contributed by atoms with Gasteiger partial charge in [-0.2, -0.15) is 0 Å². The molecule has 0 aliphatic heterocycles. The fourth-order valence-electron chi connectivity index (χ4n) is 0.362. The molecule has 1 unspecified atom stereocenters. The van der Waals surface area contributed by atoms with Crippen LogP contribution in [0.1, 0.15) is 13.3 Å². The van der Waals surface area contributed by atoms with E-state index in [1.165, 1.54) is 6.08 Å². The molecule has 2 N–H and O–H groups in total. The number of nitrogens with two attached hydrogens (primary N) is 1. The van der Waals surface area contributed by atoms with E-state index in [0.717, 1.165) is 6.42 Å². The summed E-state index contributed by atoms with van der Waals surface area (Å²) in [6, 6.07) is 0. The van der Waals surface area contributed by atoms with Crippen molar-refractivity contribution in [2.45, 2.75) is 19.5 Å². The maximum Gasteiger partial charge on any atom is 0.130 e. The number of halogens is 1. The quantitative estimate of drug-likeness (QED) is 0.553. The fourth-order valence-corrected chi connectivity index (χ4v) is 0.362. The maximum atomic E-state index is 12.1. The molecule has 0 aromatic carbocycles. The summed E-state index contributed by atoms with van der Waals surface area (Å²) in [4.78, 5) is 0. The first-order valence-corrected chi connectivity index (χ1v) is 2.82. The summed E-state index contributed by atoms with van der Waals surface area (Å²) in [6.07, 6.45) is 3.19. The van der Waals surface area contributed by atoms with Crippen molar-refractivity contribution in [2.24, 2.45) is 5.73 Å². The lowest BCUT2D eigenvalue weighted by molar-refractivity contribution is 0.408. The Kier molecular flexibility index (Phi) is 4.56. The lowest BCUT2D eigenvalue weighted by atomic mass is 10.3. The summed E-state index contributed by atoms with van der Waals surface area (Å²) in [7, 11) is 0. The standard InChI is InChI=1S/C6H12FN/c1-2-3-4-6(7)5-8/h3-4,6H,2,5,8H2,1H3/b4-3+. The highest BCUT2D eigenvalue weighted by Crippen LogP contribution is 1.90. The van der Waals surface area contributed by atoms with Gasteiger partial charge in [0.15, 0.2) is 0 Å². The van der Waals surface area contributed by atoms with E-state index in [1.807, 2.05) is 6.92 Å². The smallest absolute Gasteiger partial charge is 0.130 e. The Morgan fingerprint density at radius 3 is 2.75 bits per heavy atom. The Bertz CT molecular complexity index is 70.9. The van der Waals surface area contributed by atoms with E-state index in [0.29, 0.717) is 0 Å². The molecule has 0 saturated heterocycles. The Balaban J connectivity index is 3.21. The van der Waals surface area contributed by atoms with Gasteiger partial charge in [0.05, 0.1) is 0 Å². The van der Waals surface area contributed by atoms with Crippen LogP contribution in [0.3, 0.4) is 0 Å². The van der Waals surface area contributed by atoms with Crippen molar-refractivity contribution in [2.75, 3.05) is 6.54 Å². The highest BCUT2D eigenvalue weighted by Gasteiger charge is 1.92. The third kappa shape index (κ3) is 3.81. The third-order valence-electron chi connectivity index (χ3n) is 0.806. The van der Waals surface area contributed by atoms with Crippen LogP contribution >= 0.6 is 0 Å². The molecule has 48 valence electrons. The molecule has 0 fully saturated rings. The molecule has 0 bridgehead atoms. The number of hydrogen-bond acceptors (Lipinski definition) is 1. The van der Waals surface area contributed by atoms with Gasteiger partial charge in [-0.3, -0.25) is 0 Å². The van der Waals surface area contributed by atoms with Crippen LogP contribution in [0.5, 0.6) is 0 Å². The predicted octanol–water partition coefficient (Wildman–Crippen LogP) is 1.25. The molecule has 0 radical (unpaired) electrons. The van der Waals surface area contributed by atoms with Crippen molar-refractivity contribution in [3.05, 3.63) is 12.2 Å². The Morgan fingerprint density at radius 1 is 1.75 bits per heavy atom. The normalized spacial score (nSPS) is 14.9. The van der Waals surface area contributed by atoms with Crippen molar-refractivity contribution in [3.8, 4) is 0 Å².